The van der Waals surface area contributed by atoms with Gasteiger partial charge in [-0.25, -0.2) is 9.78 Å². The Morgan fingerprint density at radius 2 is 1.89 bits per heavy atom. The molecule has 1 rings (SSSR count). The average Bonchev–Trinajstić information content (AvgIpc) is 2.42. The first kappa shape index (κ1) is 16.0. The van der Waals surface area contributed by atoms with Gasteiger partial charge in [0.05, 0.1) is 5.56 Å². The molecule has 0 bridgehead atoms. The molecule has 0 aliphatic heterocycles. The summed E-state index contributed by atoms with van der Waals surface area (Å²) in [4.78, 5) is 15.1. The van der Waals surface area contributed by atoms with Gasteiger partial charge < -0.3 is 5.11 Å². The summed E-state index contributed by atoms with van der Waals surface area (Å²) in [5.74, 6) is 0.0561. The van der Waals surface area contributed by atoms with Crippen LogP contribution in [0.2, 0.25) is 0 Å². The molecule has 3 nitrogen and oxygen atoms in total. The third kappa shape index (κ3) is 6.62. The van der Waals surface area contributed by atoms with Crippen LogP contribution in [0.25, 0.3) is 0 Å². The van der Waals surface area contributed by atoms with E-state index in [1.807, 2.05) is 0 Å². The Morgan fingerprint density at radius 3 is 2.58 bits per heavy atom. The van der Waals surface area contributed by atoms with Crippen molar-refractivity contribution in [3.8, 4) is 0 Å². The van der Waals surface area contributed by atoms with Crippen molar-refractivity contribution in [1.82, 2.24) is 4.98 Å². The summed E-state index contributed by atoms with van der Waals surface area (Å²) in [5, 5.41) is 9.68. The number of unbranched alkanes of at least 4 members (excludes halogenated alkanes) is 6. The number of rotatable bonds is 10. The van der Waals surface area contributed by atoms with Crippen molar-refractivity contribution in [3.63, 3.8) is 0 Å². The van der Waals surface area contributed by atoms with Crippen molar-refractivity contribution in [2.24, 2.45) is 0 Å². The van der Waals surface area contributed by atoms with Crippen molar-refractivity contribution < 1.29 is 9.90 Å². The quantitative estimate of drug-likeness (QED) is 0.502. The zero-order chi connectivity index (χ0) is 13.9. The predicted octanol–water partition coefficient (Wildman–Crippen LogP) is 4.62. The summed E-state index contributed by atoms with van der Waals surface area (Å²) < 4.78 is 0. The van der Waals surface area contributed by atoms with E-state index in [1.54, 1.807) is 30.1 Å². The molecule has 0 aliphatic rings. The molecule has 0 aliphatic carbocycles. The molecule has 19 heavy (non-hydrogen) atoms. The van der Waals surface area contributed by atoms with Crippen molar-refractivity contribution in [2.45, 2.75) is 56.9 Å². The molecule has 0 aromatic carbocycles. The van der Waals surface area contributed by atoms with Crippen LogP contribution in [-0.2, 0) is 0 Å². The predicted molar refractivity (Wildman–Crippen MR) is 79.9 cm³/mol. The number of nitrogens with zero attached hydrogens (tertiary/aromatic N) is 1. The summed E-state index contributed by atoms with van der Waals surface area (Å²) in [6, 6.07) is 3.28. The molecule has 0 unspecified atom stereocenters. The second-order valence-electron chi connectivity index (χ2n) is 4.63. The van der Waals surface area contributed by atoms with E-state index in [0.29, 0.717) is 10.6 Å². The Balaban J connectivity index is 2.17. The van der Waals surface area contributed by atoms with E-state index < -0.39 is 5.97 Å². The minimum absolute atomic E-state index is 0.315. The normalized spacial score (nSPS) is 10.6. The highest BCUT2D eigenvalue weighted by atomic mass is 32.2. The maximum Gasteiger partial charge on any atom is 0.338 e. The van der Waals surface area contributed by atoms with Crippen molar-refractivity contribution in [2.75, 3.05) is 5.75 Å². The molecule has 0 atom stereocenters. The maximum atomic E-state index is 11.0. The van der Waals surface area contributed by atoms with E-state index in [-0.39, 0.29) is 0 Å². The average molecular weight is 281 g/mol. The van der Waals surface area contributed by atoms with Crippen molar-refractivity contribution in [1.29, 1.82) is 0 Å². The molecule has 0 saturated carbocycles. The Labute approximate surface area is 119 Å². The lowest BCUT2D eigenvalue weighted by atomic mass is 10.1. The van der Waals surface area contributed by atoms with Gasteiger partial charge in [-0.05, 0) is 24.3 Å². The van der Waals surface area contributed by atoms with Crippen LogP contribution in [0.5, 0.6) is 0 Å². The van der Waals surface area contributed by atoms with Gasteiger partial charge in [-0.15, -0.1) is 11.8 Å². The second-order valence-corrected chi connectivity index (χ2v) is 5.71. The number of carbonyl (C=O) groups is 1. The lowest BCUT2D eigenvalue weighted by Crippen LogP contribution is -2.00. The smallest absolute Gasteiger partial charge is 0.338 e. The lowest BCUT2D eigenvalue weighted by molar-refractivity contribution is 0.0692. The molecule has 1 aromatic rings. The largest absolute Gasteiger partial charge is 0.478 e. The van der Waals surface area contributed by atoms with Gasteiger partial charge in [0.15, 0.2) is 0 Å². The Morgan fingerprint density at radius 1 is 1.21 bits per heavy atom. The molecule has 1 heterocycles. The van der Waals surface area contributed by atoms with Gasteiger partial charge in [-0.2, -0.15) is 0 Å². The maximum absolute atomic E-state index is 11.0. The van der Waals surface area contributed by atoms with Crippen LogP contribution >= 0.6 is 11.8 Å². The number of aromatic nitrogens is 1. The Hall–Kier alpha value is -1.03. The van der Waals surface area contributed by atoms with Gasteiger partial charge in [0.1, 0.15) is 5.03 Å². The molecule has 0 radical (unpaired) electrons. The third-order valence-electron chi connectivity index (χ3n) is 2.99. The topological polar surface area (TPSA) is 50.2 Å². The SMILES string of the molecule is CCCCCCCCCSc1ncccc1C(=O)O. The molecular weight excluding hydrogens is 258 g/mol. The number of hydrogen-bond donors (Lipinski definition) is 1. The second kappa shape index (κ2) is 9.84. The molecule has 1 N–H and O–H groups in total. The third-order valence-corrected chi connectivity index (χ3v) is 4.08. The van der Waals surface area contributed by atoms with Gasteiger partial charge in [0, 0.05) is 6.20 Å². The van der Waals surface area contributed by atoms with Gasteiger partial charge in [-0.1, -0.05) is 45.4 Å². The van der Waals surface area contributed by atoms with Crippen LogP contribution in [0.3, 0.4) is 0 Å². The Kier molecular flexibility index (Phi) is 8.30. The van der Waals surface area contributed by atoms with E-state index in [2.05, 4.69) is 11.9 Å². The molecule has 1 aromatic heterocycles. The molecule has 106 valence electrons. The molecule has 0 amide bonds. The number of hydrogen-bond acceptors (Lipinski definition) is 3. The summed E-state index contributed by atoms with van der Waals surface area (Å²) in [7, 11) is 0. The summed E-state index contributed by atoms with van der Waals surface area (Å²) in [5.41, 5.74) is 0.315. The monoisotopic (exact) mass is 281 g/mol. The molecular formula is C15H23NO2S. The van der Waals surface area contributed by atoms with Crippen LogP contribution in [0.4, 0.5) is 0 Å². The number of pyridine rings is 1. The highest BCUT2D eigenvalue weighted by molar-refractivity contribution is 7.99. The summed E-state index contributed by atoms with van der Waals surface area (Å²) >= 11 is 1.55. The standard InChI is InChI=1S/C15H23NO2S/c1-2-3-4-5-6-7-8-12-19-14-13(15(17)18)10-9-11-16-14/h9-11H,2-8,12H2,1H3,(H,17,18). The highest BCUT2D eigenvalue weighted by Crippen LogP contribution is 2.21. The van der Waals surface area contributed by atoms with Gasteiger partial charge in [-0.3, -0.25) is 0 Å². The number of carboxylic acids is 1. The van der Waals surface area contributed by atoms with E-state index in [4.69, 9.17) is 5.11 Å². The van der Waals surface area contributed by atoms with E-state index >= 15 is 0 Å². The molecule has 0 saturated heterocycles. The molecule has 0 spiro atoms. The number of aromatic carboxylic acids is 1. The zero-order valence-electron chi connectivity index (χ0n) is 11.6. The van der Waals surface area contributed by atoms with Crippen molar-refractivity contribution >= 4 is 17.7 Å². The number of thioether (sulfide) groups is 1. The highest BCUT2D eigenvalue weighted by Gasteiger charge is 2.10. The van der Waals surface area contributed by atoms with Crippen LogP contribution in [0.15, 0.2) is 23.4 Å². The first-order chi connectivity index (χ1) is 9.25. The van der Waals surface area contributed by atoms with Gasteiger partial charge in [0.25, 0.3) is 0 Å². The first-order valence-electron chi connectivity index (χ1n) is 7.06. The van der Waals surface area contributed by atoms with Gasteiger partial charge in [0.2, 0.25) is 0 Å². The minimum Gasteiger partial charge on any atom is -0.478 e. The summed E-state index contributed by atoms with van der Waals surface area (Å²) in [6.45, 7) is 2.23. The van der Waals surface area contributed by atoms with E-state index in [1.165, 1.54) is 38.5 Å². The van der Waals surface area contributed by atoms with E-state index in [9.17, 15) is 4.79 Å². The fourth-order valence-corrected chi connectivity index (χ4v) is 2.88. The van der Waals surface area contributed by atoms with Crippen LogP contribution < -0.4 is 0 Å². The minimum atomic E-state index is -0.893. The molecule has 4 heteroatoms. The zero-order valence-corrected chi connectivity index (χ0v) is 12.4. The Bertz CT molecular complexity index is 382. The van der Waals surface area contributed by atoms with E-state index in [0.717, 1.165) is 12.2 Å². The lowest BCUT2D eigenvalue weighted by Gasteiger charge is -2.04. The molecule has 0 fully saturated rings. The fourth-order valence-electron chi connectivity index (χ4n) is 1.90. The number of carboxylic acid groups (broad SMARTS) is 1. The first-order valence-corrected chi connectivity index (χ1v) is 8.05. The summed E-state index contributed by atoms with van der Waals surface area (Å²) in [6.07, 6.45) is 10.6. The van der Waals surface area contributed by atoms with Crippen molar-refractivity contribution in [3.05, 3.63) is 23.9 Å². The van der Waals surface area contributed by atoms with Crippen LogP contribution in [-0.4, -0.2) is 21.8 Å². The van der Waals surface area contributed by atoms with Crippen LogP contribution in [0, 0.1) is 0 Å². The van der Waals surface area contributed by atoms with Crippen LogP contribution in [0.1, 0.15) is 62.2 Å². The van der Waals surface area contributed by atoms with Gasteiger partial charge >= 0.3 is 5.97 Å². The fraction of sp³-hybridized carbons (Fsp3) is 0.600.